The summed E-state index contributed by atoms with van der Waals surface area (Å²) in [6.45, 7) is 0. The Balaban J connectivity index is 1.72. The number of rotatable bonds is 2. The van der Waals surface area contributed by atoms with Crippen LogP contribution in [0.1, 0.15) is 0 Å². The van der Waals surface area contributed by atoms with E-state index in [9.17, 15) is 0 Å². The van der Waals surface area contributed by atoms with Gasteiger partial charge in [0.05, 0.1) is 0 Å². The number of aromatic nitrogens is 2. The lowest BCUT2D eigenvalue weighted by molar-refractivity contribution is 0.623. The summed E-state index contributed by atoms with van der Waals surface area (Å²) in [6, 6.07) is 16.3. The van der Waals surface area contributed by atoms with Gasteiger partial charge in [0.1, 0.15) is 5.52 Å². The molecule has 4 rings (SSSR count). The third-order valence-corrected chi connectivity index (χ3v) is 3.10. The molecule has 92 valence electrons. The van der Waals surface area contributed by atoms with Gasteiger partial charge in [-0.3, -0.25) is 0 Å². The van der Waals surface area contributed by atoms with Gasteiger partial charge in [0, 0.05) is 22.8 Å². The molecule has 0 spiro atoms. The number of para-hydroxylation sites is 2. The van der Waals surface area contributed by atoms with E-state index in [1.165, 1.54) is 0 Å². The van der Waals surface area contributed by atoms with Crippen LogP contribution in [0.25, 0.3) is 22.0 Å². The average Bonchev–Trinajstić information content (AvgIpc) is 3.03. The Kier molecular flexibility index (Phi) is 2.08. The normalized spacial score (nSPS) is 11.2. The summed E-state index contributed by atoms with van der Waals surface area (Å²) < 4.78 is 5.64. The molecule has 2 N–H and O–H groups in total. The molecule has 0 atom stereocenters. The maximum absolute atomic E-state index is 5.64. The van der Waals surface area contributed by atoms with Gasteiger partial charge in [0.15, 0.2) is 5.58 Å². The Bertz CT molecular complexity index is 827. The number of hydrogen-bond acceptors (Lipinski definition) is 3. The van der Waals surface area contributed by atoms with E-state index in [0.29, 0.717) is 6.01 Å². The van der Waals surface area contributed by atoms with E-state index < -0.39 is 0 Å². The SMILES string of the molecule is c1ccc2oc(Nc3ccc4[nH]ccc4c3)nc2c1. The fraction of sp³-hybridized carbons (Fsp3) is 0. The van der Waals surface area contributed by atoms with Gasteiger partial charge in [0.2, 0.25) is 0 Å². The van der Waals surface area contributed by atoms with Gasteiger partial charge in [-0.05, 0) is 36.4 Å². The highest BCUT2D eigenvalue weighted by Gasteiger charge is 2.05. The molecule has 0 aliphatic heterocycles. The molecule has 0 saturated heterocycles. The van der Waals surface area contributed by atoms with Crippen LogP contribution in [0.15, 0.2) is 59.1 Å². The number of oxazole rings is 1. The molecule has 2 aromatic carbocycles. The zero-order valence-corrected chi connectivity index (χ0v) is 10.1. The zero-order valence-electron chi connectivity index (χ0n) is 10.1. The standard InChI is InChI=1S/C15H11N3O/c1-2-4-14-13(3-1)18-15(19-14)17-11-5-6-12-10(9-11)7-8-16-12/h1-9,16H,(H,17,18). The smallest absolute Gasteiger partial charge is 0.300 e. The largest absolute Gasteiger partial charge is 0.423 e. The predicted molar refractivity (Wildman–Crippen MR) is 75.6 cm³/mol. The highest BCUT2D eigenvalue weighted by molar-refractivity contribution is 5.84. The molecule has 4 aromatic rings. The third-order valence-electron chi connectivity index (χ3n) is 3.10. The van der Waals surface area contributed by atoms with E-state index in [2.05, 4.69) is 21.4 Å². The molecule has 4 heteroatoms. The average molecular weight is 249 g/mol. The number of hydrogen-bond donors (Lipinski definition) is 2. The third kappa shape index (κ3) is 1.74. The van der Waals surface area contributed by atoms with Crippen molar-refractivity contribution in [3.8, 4) is 0 Å². The minimum absolute atomic E-state index is 0.510. The van der Waals surface area contributed by atoms with Crippen molar-refractivity contribution in [2.45, 2.75) is 0 Å². The predicted octanol–water partition coefficient (Wildman–Crippen LogP) is 4.05. The number of aromatic amines is 1. The van der Waals surface area contributed by atoms with Crippen LogP contribution in [-0.2, 0) is 0 Å². The van der Waals surface area contributed by atoms with Crippen molar-refractivity contribution in [3.63, 3.8) is 0 Å². The Morgan fingerprint density at radius 1 is 1.05 bits per heavy atom. The molecular weight excluding hydrogens is 238 g/mol. The molecule has 0 aliphatic rings. The molecule has 2 aromatic heterocycles. The Morgan fingerprint density at radius 2 is 2.00 bits per heavy atom. The lowest BCUT2D eigenvalue weighted by Gasteiger charge is -2.01. The van der Waals surface area contributed by atoms with Crippen molar-refractivity contribution in [3.05, 3.63) is 54.7 Å². The zero-order chi connectivity index (χ0) is 12.7. The van der Waals surface area contributed by atoms with Crippen molar-refractivity contribution in [2.75, 3.05) is 5.32 Å². The summed E-state index contributed by atoms with van der Waals surface area (Å²) in [4.78, 5) is 7.56. The second-order valence-corrected chi connectivity index (χ2v) is 4.39. The summed E-state index contributed by atoms with van der Waals surface area (Å²) in [5.74, 6) is 0. The number of anilines is 2. The van der Waals surface area contributed by atoms with E-state index in [0.717, 1.165) is 27.7 Å². The first-order valence-electron chi connectivity index (χ1n) is 6.08. The summed E-state index contributed by atoms with van der Waals surface area (Å²) in [5, 5.41) is 4.34. The van der Waals surface area contributed by atoms with Crippen molar-refractivity contribution in [2.24, 2.45) is 0 Å². The Morgan fingerprint density at radius 3 is 2.95 bits per heavy atom. The molecule has 4 nitrogen and oxygen atoms in total. The molecule has 19 heavy (non-hydrogen) atoms. The van der Waals surface area contributed by atoms with E-state index >= 15 is 0 Å². The fourth-order valence-electron chi connectivity index (χ4n) is 2.18. The second-order valence-electron chi connectivity index (χ2n) is 4.39. The van der Waals surface area contributed by atoms with Crippen LogP contribution in [-0.4, -0.2) is 9.97 Å². The van der Waals surface area contributed by atoms with Crippen molar-refractivity contribution in [1.29, 1.82) is 0 Å². The van der Waals surface area contributed by atoms with Crippen LogP contribution >= 0.6 is 0 Å². The number of nitrogens with one attached hydrogen (secondary N) is 2. The van der Waals surface area contributed by atoms with Gasteiger partial charge < -0.3 is 14.7 Å². The van der Waals surface area contributed by atoms with Gasteiger partial charge in [-0.1, -0.05) is 12.1 Å². The van der Waals surface area contributed by atoms with Crippen LogP contribution in [0.3, 0.4) is 0 Å². The molecule has 0 fully saturated rings. The summed E-state index contributed by atoms with van der Waals surface area (Å²) in [6.07, 6.45) is 1.92. The van der Waals surface area contributed by atoms with Gasteiger partial charge in [-0.2, -0.15) is 4.98 Å². The molecule has 0 saturated carbocycles. The molecule has 0 amide bonds. The number of nitrogens with zero attached hydrogens (tertiary/aromatic N) is 1. The van der Waals surface area contributed by atoms with Gasteiger partial charge >= 0.3 is 0 Å². The van der Waals surface area contributed by atoms with Crippen LogP contribution in [0, 0.1) is 0 Å². The molecular formula is C15H11N3O. The fourth-order valence-corrected chi connectivity index (χ4v) is 2.18. The summed E-state index contributed by atoms with van der Waals surface area (Å²) in [5.41, 5.74) is 3.71. The van der Waals surface area contributed by atoms with Gasteiger partial charge in [0.25, 0.3) is 6.01 Å². The molecule has 0 unspecified atom stereocenters. The van der Waals surface area contributed by atoms with E-state index in [-0.39, 0.29) is 0 Å². The van der Waals surface area contributed by atoms with Crippen LogP contribution < -0.4 is 5.32 Å². The molecule has 0 bridgehead atoms. The lowest BCUT2D eigenvalue weighted by atomic mass is 10.2. The van der Waals surface area contributed by atoms with Crippen LogP contribution in [0.4, 0.5) is 11.7 Å². The number of H-pyrrole nitrogens is 1. The number of benzene rings is 2. The van der Waals surface area contributed by atoms with E-state index in [4.69, 9.17) is 4.42 Å². The minimum atomic E-state index is 0.510. The second kappa shape index (κ2) is 3.88. The Labute approximate surface area is 109 Å². The van der Waals surface area contributed by atoms with Crippen LogP contribution in [0.2, 0.25) is 0 Å². The van der Waals surface area contributed by atoms with E-state index in [1.54, 1.807) is 0 Å². The topological polar surface area (TPSA) is 53.9 Å². The molecule has 2 heterocycles. The van der Waals surface area contributed by atoms with E-state index in [1.807, 2.05) is 48.7 Å². The molecule has 0 radical (unpaired) electrons. The quantitative estimate of drug-likeness (QED) is 0.563. The highest BCUT2D eigenvalue weighted by Crippen LogP contribution is 2.24. The lowest BCUT2D eigenvalue weighted by Crippen LogP contribution is -1.89. The monoisotopic (exact) mass is 249 g/mol. The first kappa shape index (κ1) is 10.2. The van der Waals surface area contributed by atoms with Crippen molar-refractivity contribution >= 4 is 33.7 Å². The maximum atomic E-state index is 5.64. The first-order valence-corrected chi connectivity index (χ1v) is 6.08. The van der Waals surface area contributed by atoms with Gasteiger partial charge in [-0.25, -0.2) is 0 Å². The summed E-state index contributed by atoms with van der Waals surface area (Å²) in [7, 11) is 0. The highest BCUT2D eigenvalue weighted by atomic mass is 16.4. The maximum Gasteiger partial charge on any atom is 0.300 e. The van der Waals surface area contributed by atoms with Gasteiger partial charge in [-0.15, -0.1) is 0 Å². The van der Waals surface area contributed by atoms with Crippen LogP contribution in [0.5, 0.6) is 0 Å². The Hall–Kier alpha value is -2.75. The minimum Gasteiger partial charge on any atom is -0.423 e. The van der Waals surface area contributed by atoms with Crippen molar-refractivity contribution in [1.82, 2.24) is 9.97 Å². The molecule has 0 aliphatic carbocycles. The number of fused-ring (bicyclic) bond motifs is 2. The van der Waals surface area contributed by atoms with Crippen molar-refractivity contribution < 1.29 is 4.42 Å². The summed E-state index contributed by atoms with van der Waals surface area (Å²) >= 11 is 0. The first-order chi connectivity index (χ1) is 9.38.